The summed E-state index contributed by atoms with van der Waals surface area (Å²) >= 11 is 0. The van der Waals surface area contributed by atoms with Crippen molar-refractivity contribution in [2.24, 2.45) is 5.73 Å². The number of nitrogens with two attached hydrogens (primary N) is 1. The van der Waals surface area contributed by atoms with Crippen LogP contribution in [-0.2, 0) is 0 Å². The van der Waals surface area contributed by atoms with Gasteiger partial charge >= 0.3 is 5.97 Å². The Morgan fingerprint density at radius 3 is 2.92 bits per heavy atom. The van der Waals surface area contributed by atoms with Gasteiger partial charge in [-0.1, -0.05) is 6.58 Å². The van der Waals surface area contributed by atoms with Crippen LogP contribution in [-0.4, -0.2) is 39.8 Å². The Hall–Kier alpha value is -2.96. The van der Waals surface area contributed by atoms with Crippen molar-refractivity contribution in [2.45, 2.75) is 12.5 Å². The van der Waals surface area contributed by atoms with E-state index in [9.17, 15) is 14.0 Å². The topological polar surface area (TPSA) is 101 Å². The van der Waals surface area contributed by atoms with Crippen molar-refractivity contribution in [2.75, 3.05) is 18.0 Å². The van der Waals surface area contributed by atoms with Gasteiger partial charge in [0.2, 0.25) is 5.43 Å². The van der Waals surface area contributed by atoms with Crippen LogP contribution in [0.5, 0.6) is 0 Å². The Bertz CT molecular complexity index is 946. The second kappa shape index (κ2) is 5.92. The van der Waals surface area contributed by atoms with Crippen LogP contribution < -0.4 is 16.1 Å². The number of hydrogen-bond donors (Lipinski definition) is 2. The second-order valence-corrected chi connectivity index (χ2v) is 5.58. The number of carboxylic acids is 1. The molecule has 1 aliphatic heterocycles. The van der Waals surface area contributed by atoms with E-state index in [-0.39, 0.29) is 22.9 Å². The average Bonchev–Trinajstić information content (AvgIpc) is 2.96. The number of carboxylic acid groups (broad SMARTS) is 1. The van der Waals surface area contributed by atoms with Gasteiger partial charge in [-0.05, 0) is 12.5 Å². The highest BCUT2D eigenvalue weighted by atomic mass is 19.1. The minimum atomic E-state index is -1.40. The highest BCUT2D eigenvalue weighted by Crippen LogP contribution is 2.24. The molecule has 3 rings (SSSR count). The monoisotopic (exact) mass is 330 g/mol. The second-order valence-electron chi connectivity index (χ2n) is 5.58. The van der Waals surface area contributed by atoms with Gasteiger partial charge in [-0.2, -0.15) is 0 Å². The molecule has 2 aromatic rings. The van der Waals surface area contributed by atoms with Gasteiger partial charge in [0.1, 0.15) is 5.56 Å². The largest absolute Gasteiger partial charge is 0.477 e. The van der Waals surface area contributed by atoms with E-state index in [1.807, 2.05) is 0 Å². The molecule has 24 heavy (non-hydrogen) atoms. The lowest BCUT2D eigenvalue weighted by atomic mass is 10.2. The molecule has 0 amide bonds. The first-order valence-corrected chi connectivity index (χ1v) is 7.27. The normalized spacial score (nSPS) is 17.1. The van der Waals surface area contributed by atoms with Crippen molar-refractivity contribution >= 4 is 29.0 Å². The molecule has 124 valence electrons. The molecular formula is C16H15FN4O3. The van der Waals surface area contributed by atoms with Gasteiger partial charge in [0.25, 0.3) is 0 Å². The molecule has 3 N–H and O–H groups in total. The van der Waals surface area contributed by atoms with Gasteiger partial charge in [0.05, 0.1) is 11.6 Å². The number of anilines is 1. The summed E-state index contributed by atoms with van der Waals surface area (Å²) in [4.78, 5) is 29.4. The molecule has 1 aliphatic rings. The summed E-state index contributed by atoms with van der Waals surface area (Å²) in [7, 11) is 0. The minimum Gasteiger partial charge on any atom is -0.477 e. The number of nitrogens with zero attached hydrogens (tertiary/aromatic N) is 3. The van der Waals surface area contributed by atoms with Crippen molar-refractivity contribution in [1.82, 2.24) is 9.55 Å². The van der Waals surface area contributed by atoms with Crippen molar-refractivity contribution < 1.29 is 14.3 Å². The Morgan fingerprint density at radius 2 is 2.33 bits per heavy atom. The maximum absolute atomic E-state index is 14.5. The van der Waals surface area contributed by atoms with Crippen LogP contribution in [0.1, 0.15) is 16.8 Å². The number of carbonyl (C=O) groups is 1. The highest BCUT2D eigenvalue weighted by Gasteiger charge is 2.25. The maximum Gasteiger partial charge on any atom is 0.341 e. The van der Waals surface area contributed by atoms with Crippen LogP contribution in [0.15, 0.2) is 29.4 Å². The van der Waals surface area contributed by atoms with E-state index in [2.05, 4.69) is 17.3 Å². The molecule has 1 saturated heterocycles. The molecule has 0 spiro atoms. The first-order valence-electron chi connectivity index (χ1n) is 7.27. The van der Waals surface area contributed by atoms with Gasteiger partial charge < -0.3 is 15.7 Å². The van der Waals surface area contributed by atoms with Crippen LogP contribution >= 0.6 is 0 Å². The van der Waals surface area contributed by atoms with Gasteiger partial charge in [-0.15, -0.1) is 5.73 Å². The minimum absolute atomic E-state index is 0.0634. The fraction of sp³-hybridized carbons (Fsp3) is 0.250. The zero-order valence-corrected chi connectivity index (χ0v) is 12.7. The third kappa shape index (κ3) is 2.58. The van der Waals surface area contributed by atoms with Gasteiger partial charge in [0, 0.05) is 25.3 Å². The average molecular weight is 330 g/mol. The van der Waals surface area contributed by atoms with Crippen molar-refractivity contribution in [3.8, 4) is 0 Å². The van der Waals surface area contributed by atoms with E-state index < -0.39 is 22.8 Å². The third-order valence-electron chi connectivity index (χ3n) is 3.92. The lowest BCUT2D eigenvalue weighted by molar-refractivity contribution is 0.0695. The molecule has 8 heteroatoms. The fourth-order valence-corrected chi connectivity index (χ4v) is 2.79. The smallest absolute Gasteiger partial charge is 0.341 e. The summed E-state index contributed by atoms with van der Waals surface area (Å²) in [6.07, 6.45) is 3.17. The molecule has 2 aromatic heterocycles. The number of fused-ring (bicyclic) bond motifs is 1. The van der Waals surface area contributed by atoms with Crippen LogP contribution in [0.3, 0.4) is 0 Å². The van der Waals surface area contributed by atoms with E-state index in [0.717, 1.165) is 18.7 Å². The quantitative estimate of drug-likeness (QED) is 0.815. The van der Waals surface area contributed by atoms with Crippen LogP contribution in [0.2, 0.25) is 0 Å². The maximum atomic E-state index is 14.5. The van der Waals surface area contributed by atoms with Crippen LogP contribution in [0.4, 0.5) is 10.2 Å². The summed E-state index contributed by atoms with van der Waals surface area (Å²) in [6.45, 7) is 4.45. The summed E-state index contributed by atoms with van der Waals surface area (Å²) < 4.78 is 15.7. The summed E-state index contributed by atoms with van der Waals surface area (Å²) in [5.74, 6) is -2.00. The SMILES string of the molecule is C=C=Cn1cc(C(=O)O)c(=O)c2cc(F)c(N3CCC(N)C3)nc21. The van der Waals surface area contributed by atoms with Gasteiger partial charge in [0.15, 0.2) is 17.3 Å². The summed E-state index contributed by atoms with van der Waals surface area (Å²) in [5, 5.41) is 9.02. The Balaban J connectivity index is 2.30. The fourth-order valence-electron chi connectivity index (χ4n) is 2.79. The highest BCUT2D eigenvalue weighted by molar-refractivity contribution is 5.92. The number of pyridine rings is 2. The lowest BCUT2D eigenvalue weighted by Crippen LogP contribution is -2.28. The molecule has 0 saturated carbocycles. The summed E-state index contributed by atoms with van der Waals surface area (Å²) in [5.41, 5.74) is 7.21. The van der Waals surface area contributed by atoms with Crippen molar-refractivity contribution in [1.29, 1.82) is 0 Å². The first-order chi connectivity index (χ1) is 11.4. The zero-order chi connectivity index (χ0) is 17.4. The number of rotatable bonds is 3. The number of hydrogen-bond acceptors (Lipinski definition) is 5. The van der Waals surface area contributed by atoms with Crippen LogP contribution in [0, 0.1) is 5.82 Å². The van der Waals surface area contributed by atoms with Crippen LogP contribution in [0.25, 0.3) is 17.2 Å². The zero-order valence-electron chi connectivity index (χ0n) is 12.7. The molecule has 1 atom stereocenters. The molecule has 0 bridgehead atoms. The molecule has 0 aliphatic carbocycles. The Labute approximate surface area is 136 Å². The number of aromatic carboxylic acids is 1. The molecule has 0 radical (unpaired) electrons. The molecule has 0 aromatic carbocycles. The molecule has 7 nitrogen and oxygen atoms in total. The Kier molecular flexibility index (Phi) is 3.92. The van der Waals surface area contributed by atoms with Crippen molar-refractivity contribution in [3.05, 3.63) is 46.2 Å². The van der Waals surface area contributed by atoms with Crippen molar-refractivity contribution in [3.63, 3.8) is 0 Å². The number of aromatic nitrogens is 2. The third-order valence-corrected chi connectivity index (χ3v) is 3.92. The predicted molar refractivity (Wildman–Crippen MR) is 87.6 cm³/mol. The standard InChI is InChI=1S/C16H15FN4O3/c1-2-4-20-8-11(16(23)24)13(22)10-6-12(17)15(19-14(10)20)21-5-3-9(18)7-21/h4,6,8-9H,1,3,5,7,18H2,(H,23,24). The van der Waals surface area contributed by atoms with Gasteiger partial charge in [-0.25, -0.2) is 14.2 Å². The molecular weight excluding hydrogens is 315 g/mol. The van der Waals surface area contributed by atoms with E-state index in [1.165, 1.54) is 10.8 Å². The van der Waals surface area contributed by atoms with E-state index >= 15 is 0 Å². The van der Waals surface area contributed by atoms with Gasteiger partial charge in [-0.3, -0.25) is 9.36 Å². The van der Waals surface area contributed by atoms with E-state index in [4.69, 9.17) is 10.8 Å². The lowest BCUT2D eigenvalue weighted by Gasteiger charge is -2.18. The van der Waals surface area contributed by atoms with E-state index in [1.54, 1.807) is 4.90 Å². The molecule has 1 unspecified atom stereocenters. The molecule has 1 fully saturated rings. The number of halogens is 1. The van der Waals surface area contributed by atoms with E-state index in [0.29, 0.717) is 13.1 Å². The first kappa shape index (κ1) is 15.9. The molecule has 3 heterocycles. The predicted octanol–water partition coefficient (Wildman–Crippen LogP) is 1.03. The summed E-state index contributed by atoms with van der Waals surface area (Å²) in [6, 6.07) is 0.954. The Morgan fingerprint density at radius 1 is 1.58 bits per heavy atom.